The summed E-state index contributed by atoms with van der Waals surface area (Å²) < 4.78 is 0. The molecule has 0 unspecified atom stereocenters. The molecule has 1 atom stereocenters. The van der Waals surface area contributed by atoms with Crippen molar-refractivity contribution in [2.45, 2.75) is 25.3 Å². The maximum Gasteiger partial charge on any atom is 0.195 e. The summed E-state index contributed by atoms with van der Waals surface area (Å²) in [5.74, 6) is 0.0333. The van der Waals surface area contributed by atoms with Crippen LogP contribution in [0.1, 0.15) is 29.8 Å². The van der Waals surface area contributed by atoms with Crippen LogP contribution in [0.4, 0.5) is 0 Å². The van der Waals surface area contributed by atoms with E-state index >= 15 is 0 Å². The zero-order valence-corrected chi connectivity index (χ0v) is 9.88. The molecule has 17 heavy (non-hydrogen) atoms. The summed E-state index contributed by atoms with van der Waals surface area (Å²) in [6.45, 7) is 1.39. The lowest BCUT2D eigenvalue weighted by Gasteiger charge is -2.33. The van der Waals surface area contributed by atoms with E-state index in [1.165, 1.54) is 0 Å². The van der Waals surface area contributed by atoms with Crippen molar-refractivity contribution in [1.82, 2.24) is 9.88 Å². The molecule has 1 aliphatic rings. The van der Waals surface area contributed by atoms with E-state index in [4.69, 9.17) is 0 Å². The Morgan fingerprint density at radius 2 is 2.35 bits per heavy atom. The molecule has 1 saturated heterocycles. The van der Waals surface area contributed by atoms with Gasteiger partial charge in [-0.05, 0) is 31.5 Å². The van der Waals surface area contributed by atoms with Gasteiger partial charge in [-0.25, -0.2) is 0 Å². The van der Waals surface area contributed by atoms with Crippen molar-refractivity contribution in [1.29, 1.82) is 0 Å². The largest absolute Gasteiger partial charge is 0.395 e. The fraction of sp³-hybridized carbons (Fsp3) is 0.538. The molecule has 0 aromatic carbocycles. The van der Waals surface area contributed by atoms with Crippen molar-refractivity contribution in [2.24, 2.45) is 0 Å². The fourth-order valence-corrected chi connectivity index (χ4v) is 2.27. The Balaban J connectivity index is 1.98. The van der Waals surface area contributed by atoms with E-state index in [2.05, 4.69) is 9.88 Å². The third kappa shape index (κ3) is 3.11. The van der Waals surface area contributed by atoms with Gasteiger partial charge < -0.3 is 5.11 Å². The number of pyridine rings is 1. The van der Waals surface area contributed by atoms with Crippen molar-refractivity contribution in [3.8, 4) is 0 Å². The molecule has 2 heterocycles. The number of Topliss-reactive ketones (excluding diaryl/α,β-unsaturated/α-hetero) is 1. The average Bonchev–Trinajstić information content (AvgIpc) is 2.40. The first kappa shape index (κ1) is 12.2. The van der Waals surface area contributed by atoms with Crippen LogP contribution in [0.5, 0.6) is 0 Å². The smallest absolute Gasteiger partial charge is 0.195 e. The van der Waals surface area contributed by atoms with Gasteiger partial charge in [0, 0.05) is 12.2 Å². The van der Waals surface area contributed by atoms with E-state index in [-0.39, 0.29) is 18.4 Å². The van der Waals surface area contributed by atoms with Crippen molar-refractivity contribution < 1.29 is 9.90 Å². The highest BCUT2D eigenvalue weighted by Gasteiger charge is 2.24. The van der Waals surface area contributed by atoms with Crippen LogP contribution in [0.15, 0.2) is 24.4 Å². The summed E-state index contributed by atoms with van der Waals surface area (Å²) in [5, 5.41) is 9.28. The molecule has 0 spiro atoms. The predicted molar refractivity (Wildman–Crippen MR) is 64.9 cm³/mol. The van der Waals surface area contributed by atoms with Crippen LogP contribution in [-0.2, 0) is 0 Å². The number of ketones is 1. The van der Waals surface area contributed by atoms with Gasteiger partial charge in [0.25, 0.3) is 0 Å². The van der Waals surface area contributed by atoms with Crippen LogP contribution in [0.2, 0.25) is 0 Å². The molecular weight excluding hydrogens is 216 g/mol. The number of aromatic nitrogens is 1. The number of aliphatic hydroxyl groups is 1. The number of nitrogens with zero attached hydrogens (tertiary/aromatic N) is 2. The number of carbonyl (C=O) groups excluding carboxylic acids is 1. The number of aliphatic hydroxyl groups excluding tert-OH is 1. The lowest BCUT2D eigenvalue weighted by atomic mass is 10.0. The molecule has 1 fully saturated rings. The summed E-state index contributed by atoms with van der Waals surface area (Å²) in [7, 11) is 0. The van der Waals surface area contributed by atoms with Crippen LogP contribution in [0, 0.1) is 0 Å². The Labute approximate surface area is 101 Å². The number of hydrogen-bond donors (Lipinski definition) is 1. The molecule has 0 bridgehead atoms. The Morgan fingerprint density at radius 3 is 3.06 bits per heavy atom. The number of piperidine rings is 1. The second kappa shape index (κ2) is 5.89. The van der Waals surface area contributed by atoms with Crippen molar-refractivity contribution in [3.63, 3.8) is 0 Å². The Morgan fingerprint density at radius 1 is 1.47 bits per heavy atom. The number of likely N-dealkylation sites (tertiary alicyclic amines) is 1. The minimum Gasteiger partial charge on any atom is -0.395 e. The zero-order chi connectivity index (χ0) is 12.1. The Hall–Kier alpha value is -1.26. The first-order chi connectivity index (χ1) is 8.31. The van der Waals surface area contributed by atoms with Gasteiger partial charge >= 0.3 is 0 Å². The maximum atomic E-state index is 12.0. The van der Waals surface area contributed by atoms with E-state index in [9.17, 15) is 9.90 Å². The van der Waals surface area contributed by atoms with Gasteiger partial charge in [-0.2, -0.15) is 0 Å². The van der Waals surface area contributed by atoms with Crippen LogP contribution in [-0.4, -0.2) is 46.5 Å². The van der Waals surface area contributed by atoms with E-state index < -0.39 is 0 Å². The highest BCUT2D eigenvalue weighted by molar-refractivity contribution is 5.95. The second-order valence-electron chi connectivity index (χ2n) is 4.44. The molecule has 1 aromatic rings. The molecule has 4 heteroatoms. The first-order valence-corrected chi connectivity index (χ1v) is 6.10. The van der Waals surface area contributed by atoms with Crippen molar-refractivity contribution >= 4 is 5.78 Å². The van der Waals surface area contributed by atoms with Crippen LogP contribution >= 0.6 is 0 Å². The molecule has 1 aromatic heterocycles. The van der Waals surface area contributed by atoms with Crippen LogP contribution in [0.3, 0.4) is 0 Å². The monoisotopic (exact) mass is 234 g/mol. The molecule has 0 saturated carbocycles. The summed E-state index contributed by atoms with van der Waals surface area (Å²) >= 11 is 0. The number of rotatable bonds is 4. The first-order valence-electron chi connectivity index (χ1n) is 6.10. The molecule has 2 rings (SSSR count). The quantitative estimate of drug-likeness (QED) is 0.793. The third-order valence-corrected chi connectivity index (χ3v) is 3.26. The predicted octanol–water partition coefficient (Wildman–Crippen LogP) is 1.11. The summed E-state index contributed by atoms with van der Waals surface area (Å²) in [6.07, 6.45) is 4.85. The van der Waals surface area contributed by atoms with Crippen LogP contribution < -0.4 is 0 Å². The van der Waals surface area contributed by atoms with E-state index in [1.807, 2.05) is 6.07 Å². The van der Waals surface area contributed by atoms with E-state index in [1.54, 1.807) is 18.3 Å². The van der Waals surface area contributed by atoms with Crippen LogP contribution in [0.25, 0.3) is 0 Å². The molecule has 1 aliphatic heterocycles. The molecule has 0 aliphatic carbocycles. The molecule has 1 N–H and O–H groups in total. The fourth-order valence-electron chi connectivity index (χ4n) is 2.27. The van der Waals surface area contributed by atoms with Gasteiger partial charge in [0.1, 0.15) is 5.69 Å². The second-order valence-corrected chi connectivity index (χ2v) is 4.44. The topological polar surface area (TPSA) is 53.4 Å². The van der Waals surface area contributed by atoms with Gasteiger partial charge in [0.2, 0.25) is 0 Å². The standard InChI is InChI=1S/C13H18N2O2/c16-10-11-5-2-4-8-15(11)9-13(17)12-6-1-3-7-14-12/h1,3,6-7,11,16H,2,4-5,8-10H2/t11-/m1/s1. The highest BCUT2D eigenvalue weighted by Crippen LogP contribution is 2.16. The lowest BCUT2D eigenvalue weighted by Crippen LogP contribution is -2.44. The third-order valence-electron chi connectivity index (χ3n) is 3.26. The summed E-state index contributed by atoms with van der Waals surface area (Å²) in [6, 6.07) is 5.49. The van der Waals surface area contributed by atoms with E-state index in [0.717, 1.165) is 25.8 Å². The number of carbonyl (C=O) groups is 1. The normalized spacial score (nSPS) is 21.4. The molecule has 4 nitrogen and oxygen atoms in total. The zero-order valence-electron chi connectivity index (χ0n) is 9.88. The summed E-state index contributed by atoms with van der Waals surface area (Å²) in [4.78, 5) is 18.1. The molecule has 0 amide bonds. The van der Waals surface area contributed by atoms with Crippen molar-refractivity contribution in [2.75, 3.05) is 19.7 Å². The van der Waals surface area contributed by atoms with Gasteiger partial charge in [0.05, 0.1) is 13.2 Å². The lowest BCUT2D eigenvalue weighted by molar-refractivity contribution is 0.0708. The summed E-state index contributed by atoms with van der Waals surface area (Å²) in [5.41, 5.74) is 0.509. The average molecular weight is 234 g/mol. The molecular formula is C13H18N2O2. The molecule has 92 valence electrons. The maximum absolute atomic E-state index is 12.0. The SMILES string of the molecule is O=C(CN1CCCC[C@@H]1CO)c1ccccn1. The Bertz CT molecular complexity index is 367. The highest BCUT2D eigenvalue weighted by atomic mass is 16.3. The van der Waals surface area contributed by atoms with E-state index in [0.29, 0.717) is 12.2 Å². The minimum atomic E-state index is 0.0333. The Kier molecular flexibility index (Phi) is 4.23. The minimum absolute atomic E-state index is 0.0333. The molecule has 0 radical (unpaired) electrons. The van der Waals surface area contributed by atoms with Crippen molar-refractivity contribution in [3.05, 3.63) is 30.1 Å². The van der Waals surface area contributed by atoms with Gasteiger partial charge in [0.15, 0.2) is 5.78 Å². The van der Waals surface area contributed by atoms with Gasteiger partial charge in [-0.15, -0.1) is 0 Å². The number of hydrogen-bond acceptors (Lipinski definition) is 4. The van der Waals surface area contributed by atoms with Gasteiger partial charge in [-0.1, -0.05) is 12.5 Å². The van der Waals surface area contributed by atoms with Gasteiger partial charge in [-0.3, -0.25) is 14.7 Å².